The quantitative estimate of drug-likeness (QED) is 0.660. The Labute approximate surface area is 90.0 Å². The normalized spacial score (nSPS) is 14.1. The molecule has 2 heteroatoms. The minimum absolute atomic E-state index is 0.727. The first kappa shape index (κ1) is 16.4. The van der Waals surface area contributed by atoms with E-state index in [-0.39, 0.29) is 0 Å². The summed E-state index contributed by atoms with van der Waals surface area (Å²) >= 11 is 0. The first-order valence-corrected chi connectivity index (χ1v) is 5.60. The fourth-order valence-electron chi connectivity index (χ4n) is 0.805. The van der Waals surface area contributed by atoms with Crippen molar-refractivity contribution in [2.75, 3.05) is 27.4 Å². The topological polar surface area (TPSA) is 18.5 Å². The molecule has 0 aliphatic heterocycles. The van der Waals surface area contributed by atoms with Crippen molar-refractivity contribution in [3.05, 3.63) is 0 Å². The Morgan fingerprint density at radius 3 is 1.14 bits per heavy atom. The van der Waals surface area contributed by atoms with Crippen LogP contribution in [0.4, 0.5) is 0 Å². The summed E-state index contributed by atoms with van der Waals surface area (Å²) in [5, 5.41) is 0. The van der Waals surface area contributed by atoms with Crippen LogP contribution in [0.1, 0.15) is 40.5 Å². The maximum absolute atomic E-state index is 4.89. The zero-order chi connectivity index (χ0) is 11.4. The number of hydrogen-bond donors (Lipinski definition) is 0. The maximum atomic E-state index is 4.89. The van der Waals surface area contributed by atoms with E-state index in [1.807, 2.05) is 0 Å². The second-order valence-electron chi connectivity index (χ2n) is 3.94. The van der Waals surface area contributed by atoms with Crippen LogP contribution < -0.4 is 0 Å². The molecule has 0 radical (unpaired) electrons. The highest BCUT2D eigenvalue weighted by Crippen LogP contribution is 1.98. The molecule has 14 heavy (non-hydrogen) atoms. The third-order valence-electron chi connectivity index (χ3n) is 2.30. The van der Waals surface area contributed by atoms with Crippen LogP contribution in [0, 0.1) is 11.8 Å². The Morgan fingerprint density at radius 1 is 0.786 bits per heavy atom. The lowest BCUT2D eigenvalue weighted by molar-refractivity contribution is 0.158. The largest absolute Gasteiger partial charge is 0.384 e. The van der Waals surface area contributed by atoms with Gasteiger partial charge in [0, 0.05) is 27.4 Å². The standard InChI is InChI=1S/2C6H14O/c2*1-4-6(2)5-7-3/h2*6H,4-5H2,1-3H3. The van der Waals surface area contributed by atoms with Gasteiger partial charge in [-0.2, -0.15) is 0 Å². The third-order valence-corrected chi connectivity index (χ3v) is 2.30. The Balaban J connectivity index is 0. The van der Waals surface area contributed by atoms with Gasteiger partial charge in [0.05, 0.1) is 0 Å². The van der Waals surface area contributed by atoms with Crippen molar-refractivity contribution in [1.29, 1.82) is 0 Å². The third kappa shape index (κ3) is 14.4. The highest BCUT2D eigenvalue weighted by Gasteiger charge is 1.93. The Bertz CT molecular complexity index is 82.3. The fraction of sp³-hybridized carbons (Fsp3) is 1.00. The van der Waals surface area contributed by atoms with Gasteiger partial charge in [-0.3, -0.25) is 0 Å². The molecule has 0 N–H and O–H groups in total. The minimum atomic E-state index is 0.727. The highest BCUT2D eigenvalue weighted by atomic mass is 16.5. The van der Waals surface area contributed by atoms with Gasteiger partial charge in [-0.15, -0.1) is 0 Å². The van der Waals surface area contributed by atoms with Crippen molar-refractivity contribution in [3.8, 4) is 0 Å². The van der Waals surface area contributed by atoms with Gasteiger partial charge >= 0.3 is 0 Å². The molecule has 88 valence electrons. The molecule has 2 nitrogen and oxygen atoms in total. The molecule has 0 aromatic rings. The summed E-state index contributed by atoms with van der Waals surface area (Å²) in [4.78, 5) is 0. The summed E-state index contributed by atoms with van der Waals surface area (Å²) in [5.41, 5.74) is 0. The first-order valence-electron chi connectivity index (χ1n) is 5.60. The van der Waals surface area contributed by atoms with Crippen molar-refractivity contribution in [1.82, 2.24) is 0 Å². The average Bonchev–Trinajstić information content (AvgIpc) is 2.19. The number of rotatable bonds is 6. The molecule has 0 spiro atoms. The maximum Gasteiger partial charge on any atom is 0.0487 e. The fourth-order valence-corrected chi connectivity index (χ4v) is 0.805. The smallest absolute Gasteiger partial charge is 0.0487 e. The van der Waals surface area contributed by atoms with Crippen LogP contribution >= 0.6 is 0 Å². The van der Waals surface area contributed by atoms with Crippen molar-refractivity contribution in [3.63, 3.8) is 0 Å². The second-order valence-corrected chi connectivity index (χ2v) is 3.94. The number of hydrogen-bond acceptors (Lipinski definition) is 2. The van der Waals surface area contributed by atoms with Crippen LogP contribution in [0.5, 0.6) is 0 Å². The van der Waals surface area contributed by atoms with Gasteiger partial charge in [0.25, 0.3) is 0 Å². The molecule has 2 unspecified atom stereocenters. The molecule has 0 aliphatic carbocycles. The van der Waals surface area contributed by atoms with E-state index in [4.69, 9.17) is 9.47 Å². The molecular weight excluding hydrogens is 176 g/mol. The van der Waals surface area contributed by atoms with Crippen molar-refractivity contribution in [2.45, 2.75) is 40.5 Å². The number of methoxy groups -OCH3 is 2. The van der Waals surface area contributed by atoms with Crippen LogP contribution in [0.15, 0.2) is 0 Å². The molecule has 0 saturated heterocycles. The minimum Gasteiger partial charge on any atom is -0.384 e. The van der Waals surface area contributed by atoms with Crippen LogP contribution in [-0.2, 0) is 9.47 Å². The summed E-state index contributed by atoms with van der Waals surface area (Å²) in [6.07, 6.45) is 2.43. The zero-order valence-electron chi connectivity index (χ0n) is 10.8. The molecule has 0 aromatic heterocycles. The Kier molecular flexibility index (Phi) is 15.1. The van der Waals surface area contributed by atoms with Crippen LogP contribution in [-0.4, -0.2) is 27.4 Å². The van der Waals surface area contributed by atoms with Crippen molar-refractivity contribution >= 4 is 0 Å². The highest BCUT2D eigenvalue weighted by molar-refractivity contribution is 4.44. The van der Waals surface area contributed by atoms with E-state index >= 15 is 0 Å². The van der Waals surface area contributed by atoms with Crippen LogP contribution in [0.3, 0.4) is 0 Å². The Morgan fingerprint density at radius 2 is 1.07 bits per heavy atom. The predicted octanol–water partition coefficient (Wildman–Crippen LogP) is 3.36. The molecule has 0 aliphatic rings. The van der Waals surface area contributed by atoms with Gasteiger partial charge in [0.1, 0.15) is 0 Å². The van der Waals surface area contributed by atoms with E-state index in [2.05, 4.69) is 27.7 Å². The number of ether oxygens (including phenoxy) is 2. The zero-order valence-corrected chi connectivity index (χ0v) is 10.8. The summed E-state index contributed by atoms with van der Waals surface area (Å²) in [7, 11) is 3.48. The molecule has 0 rings (SSSR count). The molecule has 0 fully saturated rings. The lowest BCUT2D eigenvalue weighted by Crippen LogP contribution is -2.00. The summed E-state index contributed by atoms with van der Waals surface area (Å²) in [6, 6.07) is 0. The van der Waals surface area contributed by atoms with Crippen LogP contribution in [0.2, 0.25) is 0 Å². The SMILES string of the molecule is CCC(C)COC.CCC(C)COC. The van der Waals surface area contributed by atoms with Crippen molar-refractivity contribution in [2.24, 2.45) is 11.8 Å². The summed E-state index contributed by atoms with van der Waals surface area (Å²) in [5.74, 6) is 1.45. The molecule has 0 heterocycles. The molecule has 0 bridgehead atoms. The van der Waals surface area contributed by atoms with Gasteiger partial charge in [-0.05, 0) is 11.8 Å². The van der Waals surface area contributed by atoms with Gasteiger partial charge in [-0.1, -0.05) is 40.5 Å². The van der Waals surface area contributed by atoms with E-state index in [0.29, 0.717) is 0 Å². The summed E-state index contributed by atoms with van der Waals surface area (Å²) in [6.45, 7) is 10.5. The lowest BCUT2D eigenvalue weighted by atomic mass is 10.1. The van der Waals surface area contributed by atoms with Gasteiger partial charge in [0.2, 0.25) is 0 Å². The first-order chi connectivity index (χ1) is 6.62. The second kappa shape index (κ2) is 12.9. The van der Waals surface area contributed by atoms with E-state index in [1.54, 1.807) is 14.2 Å². The lowest BCUT2D eigenvalue weighted by Gasteiger charge is -2.03. The molecule has 0 amide bonds. The van der Waals surface area contributed by atoms with E-state index in [1.165, 1.54) is 12.8 Å². The average molecular weight is 204 g/mol. The molecule has 0 saturated carbocycles. The Hall–Kier alpha value is -0.0800. The predicted molar refractivity (Wildman–Crippen MR) is 62.7 cm³/mol. The van der Waals surface area contributed by atoms with E-state index < -0.39 is 0 Å². The summed E-state index contributed by atoms with van der Waals surface area (Å²) < 4.78 is 9.79. The monoisotopic (exact) mass is 204 g/mol. The molecular formula is C12H28O2. The van der Waals surface area contributed by atoms with Gasteiger partial charge in [0.15, 0.2) is 0 Å². The molecule has 2 atom stereocenters. The van der Waals surface area contributed by atoms with E-state index in [9.17, 15) is 0 Å². The van der Waals surface area contributed by atoms with E-state index in [0.717, 1.165) is 25.0 Å². The van der Waals surface area contributed by atoms with Gasteiger partial charge < -0.3 is 9.47 Å². The van der Waals surface area contributed by atoms with Crippen molar-refractivity contribution < 1.29 is 9.47 Å². The van der Waals surface area contributed by atoms with Gasteiger partial charge in [-0.25, -0.2) is 0 Å². The van der Waals surface area contributed by atoms with Crippen LogP contribution in [0.25, 0.3) is 0 Å². The molecule has 0 aromatic carbocycles.